The highest BCUT2D eigenvalue weighted by Crippen LogP contribution is 2.53. The maximum Gasteiger partial charge on any atom is 0.161 e. The lowest BCUT2D eigenvalue weighted by molar-refractivity contribution is 0.714. The molecule has 0 bridgehead atoms. The van der Waals surface area contributed by atoms with Crippen LogP contribution in [-0.4, -0.2) is 9.97 Å². The zero-order chi connectivity index (χ0) is 36.5. The largest absolute Gasteiger partial charge is 0.228 e. The van der Waals surface area contributed by atoms with Gasteiger partial charge in [-0.2, -0.15) is 0 Å². The lowest BCUT2D eigenvalue weighted by Gasteiger charge is -2.28. The number of benzene rings is 8. The number of rotatable bonds is 5. The molecule has 0 spiro atoms. The fourth-order valence-corrected chi connectivity index (χ4v) is 9.99. The summed E-state index contributed by atoms with van der Waals surface area (Å²) in [5, 5.41) is 4.89. The van der Waals surface area contributed by atoms with Gasteiger partial charge in [-0.15, -0.1) is 11.3 Å². The fraction of sp³-hybridized carbons (Fsp3) is 0.0385. The van der Waals surface area contributed by atoms with E-state index in [1.807, 2.05) is 17.4 Å². The second-order valence-corrected chi connectivity index (χ2v) is 15.7. The van der Waals surface area contributed by atoms with Crippen LogP contribution < -0.4 is 0 Å². The van der Waals surface area contributed by atoms with Gasteiger partial charge in [0.05, 0.1) is 11.4 Å². The van der Waals surface area contributed by atoms with Crippen LogP contribution in [0.15, 0.2) is 188 Å². The van der Waals surface area contributed by atoms with Crippen LogP contribution in [0.5, 0.6) is 0 Å². The van der Waals surface area contributed by atoms with E-state index in [1.54, 1.807) is 0 Å². The first-order chi connectivity index (χ1) is 27.1. The highest BCUT2D eigenvalue weighted by atomic mass is 32.1. The molecule has 1 aliphatic rings. The molecule has 0 saturated heterocycles. The molecule has 2 nitrogen and oxygen atoms in total. The maximum atomic E-state index is 5.33. The number of fused-ring (bicyclic) bond motifs is 7. The Morgan fingerprint density at radius 2 is 0.964 bits per heavy atom. The normalized spacial score (nSPS) is 14.7. The average molecular weight is 719 g/mol. The number of aromatic nitrogens is 2. The van der Waals surface area contributed by atoms with Crippen molar-refractivity contribution in [2.24, 2.45) is 0 Å². The van der Waals surface area contributed by atoms with Crippen LogP contribution in [0.1, 0.15) is 23.6 Å². The van der Waals surface area contributed by atoms with Gasteiger partial charge in [-0.1, -0.05) is 158 Å². The van der Waals surface area contributed by atoms with E-state index in [0.29, 0.717) is 0 Å². The van der Waals surface area contributed by atoms with E-state index in [-0.39, 0.29) is 5.41 Å². The molecule has 1 atom stereocenters. The molecule has 55 heavy (non-hydrogen) atoms. The van der Waals surface area contributed by atoms with E-state index in [9.17, 15) is 0 Å². The summed E-state index contributed by atoms with van der Waals surface area (Å²) < 4.78 is 2.56. The molecular weight excluding hydrogens is 685 g/mol. The third kappa shape index (κ3) is 5.01. The van der Waals surface area contributed by atoms with Crippen LogP contribution in [0.4, 0.5) is 0 Å². The van der Waals surface area contributed by atoms with Gasteiger partial charge in [-0.25, -0.2) is 9.97 Å². The summed E-state index contributed by atoms with van der Waals surface area (Å²) in [6.07, 6.45) is 0. The highest BCUT2D eigenvalue weighted by Gasteiger charge is 2.40. The van der Waals surface area contributed by atoms with E-state index in [0.717, 1.165) is 39.3 Å². The Labute approximate surface area is 324 Å². The van der Waals surface area contributed by atoms with Gasteiger partial charge in [-0.3, -0.25) is 0 Å². The fourth-order valence-electron chi connectivity index (χ4n) is 8.85. The SMILES string of the molecule is CC1(c2ccccc2)c2ccccc2-c2ccc(-c3ccc(-c4nc(-c5ccccc5)cc(-c5ccc6c(c5)sc5ccccc56)n4)c4ccccc34)cc21. The predicted octanol–water partition coefficient (Wildman–Crippen LogP) is 14.0. The standard InChI is InChI=1S/C52H34N2S/c1-52(36-16-6-3-7-17-36)45-22-12-10-20-40(45)41-26-24-34(30-46(41)52)37-28-29-44(39-19-9-8-18-38(37)39)51-53-47(33-14-4-2-5-15-33)32-48(54-51)35-25-27-43-42-21-11-13-23-49(42)55-50(43)31-35/h2-32H,1H3. The Morgan fingerprint density at radius 3 is 1.78 bits per heavy atom. The number of hydrogen-bond acceptors (Lipinski definition) is 3. The number of thiophene rings is 1. The molecule has 0 saturated carbocycles. The molecule has 1 unspecified atom stereocenters. The zero-order valence-corrected chi connectivity index (χ0v) is 31.0. The molecule has 10 aromatic rings. The van der Waals surface area contributed by atoms with E-state index in [2.05, 4.69) is 189 Å². The predicted molar refractivity (Wildman–Crippen MR) is 232 cm³/mol. The molecule has 2 heterocycles. The van der Waals surface area contributed by atoms with Crippen molar-refractivity contribution < 1.29 is 0 Å². The molecule has 0 amide bonds. The second-order valence-electron chi connectivity index (χ2n) is 14.6. The minimum Gasteiger partial charge on any atom is -0.228 e. The first-order valence-electron chi connectivity index (χ1n) is 18.8. The van der Waals surface area contributed by atoms with Crippen LogP contribution in [0.25, 0.3) is 87.1 Å². The summed E-state index contributed by atoms with van der Waals surface area (Å²) in [6.45, 7) is 2.38. The van der Waals surface area contributed by atoms with Crippen LogP contribution in [0.2, 0.25) is 0 Å². The smallest absolute Gasteiger partial charge is 0.161 e. The Balaban J connectivity index is 1.08. The monoisotopic (exact) mass is 718 g/mol. The first-order valence-corrected chi connectivity index (χ1v) is 19.6. The van der Waals surface area contributed by atoms with Crippen molar-refractivity contribution in [3.63, 3.8) is 0 Å². The van der Waals surface area contributed by atoms with Crippen molar-refractivity contribution in [1.29, 1.82) is 0 Å². The molecule has 0 aliphatic heterocycles. The third-order valence-electron chi connectivity index (χ3n) is 11.6. The molecule has 258 valence electrons. The van der Waals surface area contributed by atoms with Crippen molar-refractivity contribution in [1.82, 2.24) is 9.97 Å². The molecule has 0 N–H and O–H groups in total. The molecule has 3 heteroatoms. The Kier molecular flexibility index (Phi) is 7.20. The molecule has 2 aromatic heterocycles. The summed E-state index contributed by atoms with van der Waals surface area (Å²) in [6, 6.07) is 68.0. The van der Waals surface area contributed by atoms with Crippen molar-refractivity contribution in [2.75, 3.05) is 0 Å². The van der Waals surface area contributed by atoms with Gasteiger partial charge in [0.25, 0.3) is 0 Å². The maximum absolute atomic E-state index is 5.33. The summed E-state index contributed by atoms with van der Waals surface area (Å²) in [7, 11) is 0. The van der Waals surface area contributed by atoms with E-state index in [1.165, 1.54) is 64.5 Å². The summed E-state index contributed by atoms with van der Waals surface area (Å²) in [4.78, 5) is 10.6. The minimum absolute atomic E-state index is 0.264. The van der Waals surface area contributed by atoms with Crippen LogP contribution >= 0.6 is 11.3 Å². The molecule has 0 radical (unpaired) electrons. The summed E-state index contributed by atoms with van der Waals surface area (Å²) in [5.41, 5.74) is 13.7. The highest BCUT2D eigenvalue weighted by molar-refractivity contribution is 7.25. The van der Waals surface area contributed by atoms with Gasteiger partial charge in [0.2, 0.25) is 0 Å². The van der Waals surface area contributed by atoms with Gasteiger partial charge in [-0.05, 0) is 87.0 Å². The zero-order valence-electron chi connectivity index (χ0n) is 30.2. The van der Waals surface area contributed by atoms with Gasteiger partial charge in [0.1, 0.15) is 0 Å². The lowest BCUT2D eigenvalue weighted by atomic mass is 9.74. The van der Waals surface area contributed by atoms with E-state index < -0.39 is 0 Å². The van der Waals surface area contributed by atoms with Gasteiger partial charge < -0.3 is 0 Å². The van der Waals surface area contributed by atoms with Crippen LogP contribution in [0, 0.1) is 0 Å². The summed E-state index contributed by atoms with van der Waals surface area (Å²) in [5.74, 6) is 0.719. The van der Waals surface area contributed by atoms with Crippen molar-refractivity contribution in [3.05, 3.63) is 205 Å². The van der Waals surface area contributed by atoms with Crippen molar-refractivity contribution in [2.45, 2.75) is 12.3 Å². The first kappa shape index (κ1) is 31.8. The van der Waals surface area contributed by atoms with Gasteiger partial charge >= 0.3 is 0 Å². The van der Waals surface area contributed by atoms with Gasteiger partial charge in [0.15, 0.2) is 5.82 Å². The average Bonchev–Trinajstić information content (AvgIpc) is 3.76. The Morgan fingerprint density at radius 1 is 0.382 bits per heavy atom. The topological polar surface area (TPSA) is 25.8 Å². The molecule has 0 fully saturated rings. The quantitative estimate of drug-likeness (QED) is 0.177. The second kappa shape index (κ2) is 12.4. The Bertz CT molecular complexity index is 3110. The third-order valence-corrected chi connectivity index (χ3v) is 12.7. The van der Waals surface area contributed by atoms with Gasteiger partial charge in [0, 0.05) is 42.3 Å². The number of hydrogen-bond donors (Lipinski definition) is 0. The van der Waals surface area contributed by atoms with Crippen LogP contribution in [0.3, 0.4) is 0 Å². The molecule has 8 aromatic carbocycles. The van der Waals surface area contributed by atoms with Crippen molar-refractivity contribution in [3.8, 4) is 56.2 Å². The van der Waals surface area contributed by atoms with Crippen LogP contribution in [-0.2, 0) is 5.41 Å². The lowest BCUT2D eigenvalue weighted by Crippen LogP contribution is -2.22. The van der Waals surface area contributed by atoms with E-state index >= 15 is 0 Å². The summed E-state index contributed by atoms with van der Waals surface area (Å²) >= 11 is 1.83. The van der Waals surface area contributed by atoms with Crippen molar-refractivity contribution >= 4 is 42.3 Å². The molecule has 11 rings (SSSR count). The number of nitrogens with zero attached hydrogens (tertiary/aromatic N) is 2. The van der Waals surface area contributed by atoms with E-state index in [4.69, 9.17) is 9.97 Å². The molecular formula is C52H34N2S. The Hall–Kier alpha value is -6.68. The minimum atomic E-state index is -0.264. The molecule has 1 aliphatic carbocycles.